The zero-order chi connectivity index (χ0) is 30.8. The van der Waals surface area contributed by atoms with Crippen LogP contribution in [0.1, 0.15) is 48.4 Å². The van der Waals surface area contributed by atoms with Crippen LogP contribution in [0.15, 0.2) is 150 Å². The molecule has 3 atom stereocenters. The van der Waals surface area contributed by atoms with Gasteiger partial charge in [-0.3, -0.25) is 5.32 Å². The van der Waals surface area contributed by atoms with Crippen molar-refractivity contribution in [3.05, 3.63) is 173 Å². The highest BCUT2D eigenvalue weighted by molar-refractivity contribution is 6.11. The number of nitrogens with zero attached hydrogens (tertiary/aromatic N) is 3. The third-order valence-electron chi connectivity index (χ3n) is 9.87. The van der Waals surface area contributed by atoms with Crippen LogP contribution in [0, 0.1) is 0 Å². The molecule has 0 amide bonds. The molecule has 9 rings (SSSR count). The number of fused-ring (bicyclic) bond motifs is 6. The summed E-state index contributed by atoms with van der Waals surface area (Å²) in [5.74, 6) is 0.870. The van der Waals surface area contributed by atoms with Crippen LogP contribution >= 0.6 is 0 Å². The Morgan fingerprint density at radius 1 is 0.717 bits per heavy atom. The summed E-state index contributed by atoms with van der Waals surface area (Å²) in [4.78, 5) is 5.12. The lowest BCUT2D eigenvalue weighted by atomic mass is 9.82. The average molecular weight is 597 g/mol. The van der Waals surface area contributed by atoms with Crippen molar-refractivity contribution in [3.63, 3.8) is 0 Å². The van der Waals surface area contributed by atoms with Crippen LogP contribution < -0.4 is 10.6 Å². The number of para-hydroxylation sites is 1. The van der Waals surface area contributed by atoms with E-state index in [1.807, 2.05) is 18.3 Å². The molecule has 1 aliphatic carbocycles. The van der Waals surface area contributed by atoms with E-state index in [0.29, 0.717) is 0 Å². The third-order valence-corrected chi connectivity index (χ3v) is 9.87. The molecule has 0 saturated heterocycles. The Labute approximate surface area is 269 Å². The van der Waals surface area contributed by atoms with Crippen molar-refractivity contribution >= 4 is 27.6 Å². The molecule has 5 heteroatoms. The summed E-state index contributed by atoms with van der Waals surface area (Å²) in [5.41, 5.74) is 11.0. The SMILES string of the molecule is CC1(C)c2ccccc2-c2cc3c4ccccc4n(C4C=CC(C5N=C(c6ccccc6)NC(c6ccccc6)N5)=C[N-]4)c3cc21. The zero-order valence-corrected chi connectivity index (χ0v) is 25.9. The molecule has 1 aromatic heterocycles. The minimum Gasteiger partial charge on any atom is -0.668 e. The standard InChI is InChI=1S/C41H34N5/c1-41(2)33-19-11-9-17-29(33)31-23-32-30-18-10-12-20-35(30)46(36(32)24-34(31)41)37-22-21-28(25-42-37)40-44-38(26-13-5-3-6-14-26)43-39(45-40)27-15-7-4-8-16-27/h3-25,37-38,40,44H,1-2H3,(H,43,45)/q-1. The summed E-state index contributed by atoms with van der Waals surface area (Å²) in [5, 5.41) is 15.0. The monoisotopic (exact) mass is 596 g/mol. The second-order valence-electron chi connectivity index (χ2n) is 12.9. The van der Waals surface area contributed by atoms with Gasteiger partial charge in [0.2, 0.25) is 0 Å². The van der Waals surface area contributed by atoms with Gasteiger partial charge in [-0.05, 0) is 57.8 Å². The maximum atomic E-state index is 5.18. The number of aromatic nitrogens is 1. The number of amidine groups is 1. The number of nitrogens with one attached hydrogen (secondary N) is 2. The number of rotatable bonds is 4. The van der Waals surface area contributed by atoms with E-state index in [0.717, 1.165) is 22.5 Å². The Balaban J connectivity index is 1.10. The lowest BCUT2D eigenvalue weighted by Crippen LogP contribution is -2.49. The van der Waals surface area contributed by atoms with Crippen LogP contribution in [0.3, 0.4) is 0 Å². The second kappa shape index (κ2) is 10.3. The molecular formula is C41H34N5-. The molecule has 5 nitrogen and oxygen atoms in total. The van der Waals surface area contributed by atoms with Gasteiger partial charge in [0, 0.05) is 32.8 Å². The topological polar surface area (TPSA) is 55.5 Å². The molecule has 3 aliphatic rings. The first-order valence-electron chi connectivity index (χ1n) is 16.0. The van der Waals surface area contributed by atoms with Crippen molar-refractivity contribution in [1.82, 2.24) is 15.2 Å². The van der Waals surface area contributed by atoms with Gasteiger partial charge >= 0.3 is 0 Å². The summed E-state index contributed by atoms with van der Waals surface area (Å²) < 4.78 is 2.40. The van der Waals surface area contributed by atoms with Crippen molar-refractivity contribution in [2.45, 2.75) is 37.8 Å². The number of hydrogen-bond donors (Lipinski definition) is 2. The quantitative estimate of drug-likeness (QED) is 0.213. The van der Waals surface area contributed by atoms with Crippen LogP contribution in [0.5, 0.6) is 0 Å². The summed E-state index contributed by atoms with van der Waals surface area (Å²) in [7, 11) is 0. The predicted molar refractivity (Wildman–Crippen MR) is 189 cm³/mol. The summed E-state index contributed by atoms with van der Waals surface area (Å²) in [6.45, 7) is 4.69. The molecule has 224 valence electrons. The second-order valence-corrected chi connectivity index (χ2v) is 12.9. The van der Waals surface area contributed by atoms with E-state index in [1.54, 1.807) is 0 Å². The lowest BCUT2D eigenvalue weighted by Gasteiger charge is -2.38. The fourth-order valence-corrected chi connectivity index (χ4v) is 7.53. The van der Waals surface area contributed by atoms with Gasteiger partial charge < -0.3 is 15.2 Å². The smallest absolute Gasteiger partial charge is 0.131 e. The fourth-order valence-electron chi connectivity index (χ4n) is 7.53. The van der Waals surface area contributed by atoms with Gasteiger partial charge in [0.25, 0.3) is 0 Å². The minimum absolute atomic E-state index is 0.0710. The molecule has 0 saturated carbocycles. The maximum Gasteiger partial charge on any atom is 0.131 e. The third kappa shape index (κ3) is 4.16. The van der Waals surface area contributed by atoms with Crippen molar-refractivity contribution in [2.75, 3.05) is 0 Å². The first-order chi connectivity index (χ1) is 22.6. The highest BCUT2D eigenvalue weighted by atomic mass is 15.3. The van der Waals surface area contributed by atoms with Crippen LogP contribution in [0.25, 0.3) is 38.2 Å². The molecule has 5 aromatic carbocycles. The number of benzene rings is 5. The van der Waals surface area contributed by atoms with Crippen LogP contribution in [0.4, 0.5) is 0 Å². The van der Waals surface area contributed by atoms with Gasteiger partial charge in [-0.15, -0.1) is 0 Å². The highest BCUT2D eigenvalue weighted by Gasteiger charge is 2.36. The normalized spacial score (nSPS) is 21.2. The van der Waals surface area contributed by atoms with Crippen molar-refractivity contribution in [2.24, 2.45) is 4.99 Å². The van der Waals surface area contributed by atoms with E-state index in [9.17, 15) is 0 Å². The molecule has 0 fully saturated rings. The Hall–Kier alpha value is -5.39. The van der Waals surface area contributed by atoms with Crippen LogP contribution in [0.2, 0.25) is 0 Å². The summed E-state index contributed by atoms with van der Waals surface area (Å²) in [6.07, 6.45) is 5.92. The van der Waals surface area contributed by atoms with E-state index in [2.05, 4.69) is 150 Å². The Bertz CT molecular complexity index is 2220. The molecule has 0 spiro atoms. The first kappa shape index (κ1) is 27.0. The van der Waals surface area contributed by atoms with E-state index in [1.165, 1.54) is 44.1 Å². The van der Waals surface area contributed by atoms with Crippen molar-refractivity contribution in [3.8, 4) is 11.1 Å². The van der Waals surface area contributed by atoms with Crippen molar-refractivity contribution in [1.29, 1.82) is 0 Å². The average Bonchev–Trinajstić information content (AvgIpc) is 3.56. The van der Waals surface area contributed by atoms with Gasteiger partial charge in [0.1, 0.15) is 18.2 Å². The van der Waals surface area contributed by atoms with Gasteiger partial charge in [-0.1, -0.05) is 129 Å². The van der Waals surface area contributed by atoms with Gasteiger partial charge in [-0.2, -0.15) is 6.20 Å². The molecule has 0 bridgehead atoms. The highest BCUT2D eigenvalue weighted by Crippen LogP contribution is 2.51. The van der Waals surface area contributed by atoms with Crippen molar-refractivity contribution < 1.29 is 0 Å². The predicted octanol–water partition coefficient (Wildman–Crippen LogP) is 9.09. The van der Waals surface area contributed by atoms with E-state index in [-0.39, 0.29) is 23.9 Å². The Morgan fingerprint density at radius 2 is 1.46 bits per heavy atom. The fraction of sp³-hybridized carbons (Fsp3) is 0.146. The molecule has 3 heterocycles. The summed E-state index contributed by atoms with van der Waals surface area (Å²) in [6, 6.07) is 43.2. The molecule has 3 unspecified atom stereocenters. The molecular weight excluding hydrogens is 562 g/mol. The van der Waals surface area contributed by atoms with Gasteiger partial charge in [-0.25, -0.2) is 4.99 Å². The zero-order valence-electron chi connectivity index (χ0n) is 25.9. The molecule has 6 aromatic rings. The van der Waals surface area contributed by atoms with E-state index >= 15 is 0 Å². The Morgan fingerprint density at radius 3 is 2.26 bits per heavy atom. The van der Waals surface area contributed by atoms with Gasteiger partial charge in [0.15, 0.2) is 0 Å². The molecule has 2 aliphatic heterocycles. The molecule has 2 N–H and O–H groups in total. The first-order valence-corrected chi connectivity index (χ1v) is 16.0. The van der Waals surface area contributed by atoms with Crippen LogP contribution in [-0.2, 0) is 5.41 Å². The lowest BCUT2D eigenvalue weighted by molar-refractivity contribution is 0.434. The van der Waals surface area contributed by atoms with E-state index in [4.69, 9.17) is 10.3 Å². The molecule has 46 heavy (non-hydrogen) atoms. The number of hydrogen-bond acceptors (Lipinski definition) is 3. The maximum absolute atomic E-state index is 5.18. The summed E-state index contributed by atoms with van der Waals surface area (Å²) >= 11 is 0. The number of aliphatic imine (C=N–C) groups is 1. The minimum atomic E-state index is -0.247. The van der Waals surface area contributed by atoms with E-state index < -0.39 is 0 Å². The van der Waals surface area contributed by atoms with Crippen LogP contribution in [-0.4, -0.2) is 16.6 Å². The Kier molecular flexibility index (Phi) is 6.05. The largest absolute Gasteiger partial charge is 0.668 e. The van der Waals surface area contributed by atoms with Gasteiger partial charge in [0.05, 0.1) is 0 Å². The molecule has 0 radical (unpaired) electrons.